The fourth-order valence-electron chi connectivity index (χ4n) is 4.78. The van der Waals surface area contributed by atoms with E-state index in [-0.39, 0.29) is 5.75 Å². The molecule has 1 saturated heterocycles. The Kier molecular flexibility index (Phi) is 4.57. The third-order valence-electron chi connectivity index (χ3n) is 6.41. The number of aromatic nitrogens is 2. The summed E-state index contributed by atoms with van der Waals surface area (Å²) >= 11 is 0. The second kappa shape index (κ2) is 7.29. The van der Waals surface area contributed by atoms with E-state index in [1.54, 1.807) is 12.1 Å². The molecule has 1 atom stereocenters. The van der Waals surface area contributed by atoms with Gasteiger partial charge in [-0.3, -0.25) is 4.40 Å². The molecule has 1 aliphatic heterocycles. The van der Waals surface area contributed by atoms with Crippen molar-refractivity contribution >= 4 is 22.5 Å². The third kappa shape index (κ3) is 3.01. The normalized spacial score (nSPS) is 16.5. The number of hydrogen-bond donors (Lipinski definition) is 1. The SMILES string of the molecule is Cc1c(-c2cccc(O)c2)c(N2CC[C@H](N(C)C)C2)n2c(nc3ccccc32)c1C#N. The molecule has 4 aromatic rings. The summed E-state index contributed by atoms with van der Waals surface area (Å²) in [6, 6.07) is 18.2. The van der Waals surface area contributed by atoms with E-state index in [1.807, 2.05) is 37.3 Å². The Labute approximate surface area is 181 Å². The minimum Gasteiger partial charge on any atom is -0.508 e. The maximum atomic E-state index is 10.2. The number of likely N-dealkylation sites (N-methyl/N-ethyl adjacent to an activating group) is 1. The number of fused-ring (bicyclic) bond motifs is 3. The number of para-hydroxylation sites is 2. The van der Waals surface area contributed by atoms with E-state index in [4.69, 9.17) is 4.98 Å². The molecule has 6 heteroatoms. The van der Waals surface area contributed by atoms with Crippen molar-refractivity contribution in [3.8, 4) is 22.9 Å². The van der Waals surface area contributed by atoms with Crippen LogP contribution >= 0.6 is 0 Å². The van der Waals surface area contributed by atoms with E-state index < -0.39 is 0 Å². The maximum absolute atomic E-state index is 10.2. The summed E-state index contributed by atoms with van der Waals surface area (Å²) in [5.74, 6) is 1.25. The summed E-state index contributed by atoms with van der Waals surface area (Å²) in [7, 11) is 4.24. The average molecular weight is 412 g/mol. The standard InChI is InChI=1S/C25H25N5O/c1-16-20(14-26)24-27-21-9-4-5-10-22(21)30(24)25(29-12-11-18(15-29)28(2)3)23(16)17-7-6-8-19(31)13-17/h4-10,13,18,31H,11-12,15H2,1-3H3/t18-/m0/s1. The number of hydrogen-bond acceptors (Lipinski definition) is 5. The monoisotopic (exact) mass is 411 g/mol. The van der Waals surface area contributed by atoms with E-state index in [9.17, 15) is 10.4 Å². The van der Waals surface area contributed by atoms with E-state index in [2.05, 4.69) is 40.4 Å². The number of rotatable bonds is 3. The highest BCUT2D eigenvalue weighted by atomic mass is 16.3. The Balaban J connectivity index is 1.91. The molecule has 5 rings (SSSR count). The second-order valence-electron chi connectivity index (χ2n) is 8.47. The zero-order valence-corrected chi connectivity index (χ0v) is 18.0. The number of phenols is 1. The fraction of sp³-hybridized carbons (Fsp3) is 0.280. The number of nitrogens with zero attached hydrogens (tertiary/aromatic N) is 5. The molecule has 1 aliphatic rings. The molecule has 2 aromatic carbocycles. The van der Waals surface area contributed by atoms with Gasteiger partial charge in [-0.2, -0.15) is 5.26 Å². The van der Waals surface area contributed by atoms with E-state index in [0.29, 0.717) is 17.3 Å². The lowest BCUT2D eigenvalue weighted by Crippen LogP contribution is -2.32. The lowest BCUT2D eigenvalue weighted by atomic mass is 9.97. The Hall–Kier alpha value is -3.56. The predicted molar refractivity (Wildman–Crippen MR) is 124 cm³/mol. The van der Waals surface area contributed by atoms with Crippen LogP contribution in [-0.2, 0) is 0 Å². The highest BCUT2D eigenvalue weighted by Crippen LogP contribution is 2.41. The van der Waals surface area contributed by atoms with Crippen molar-refractivity contribution in [1.29, 1.82) is 5.26 Å². The van der Waals surface area contributed by atoms with Gasteiger partial charge in [-0.1, -0.05) is 24.3 Å². The van der Waals surface area contributed by atoms with Crippen LogP contribution < -0.4 is 4.90 Å². The molecule has 0 unspecified atom stereocenters. The quantitative estimate of drug-likeness (QED) is 0.548. The lowest BCUT2D eigenvalue weighted by Gasteiger charge is -2.27. The average Bonchev–Trinajstić information content (AvgIpc) is 3.38. The predicted octanol–water partition coefficient (Wildman–Crippen LogP) is 4.18. The smallest absolute Gasteiger partial charge is 0.157 e. The molecule has 1 N–H and O–H groups in total. The topological polar surface area (TPSA) is 67.8 Å². The van der Waals surface area contributed by atoms with E-state index in [1.165, 1.54) is 0 Å². The molecule has 31 heavy (non-hydrogen) atoms. The Morgan fingerprint density at radius 1 is 1.16 bits per heavy atom. The molecule has 0 bridgehead atoms. The molecule has 156 valence electrons. The van der Waals surface area contributed by atoms with Gasteiger partial charge in [-0.15, -0.1) is 0 Å². The van der Waals surface area contributed by atoms with Gasteiger partial charge in [0.25, 0.3) is 0 Å². The third-order valence-corrected chi connectivity index (χ3v) is 6.41. The summed E-state index contributed by atoms with van der Waals surface area (Å²) in [6.07, 6.45) is 1.07. The van der Waals surface area contributed by atoms with Crippen molar-refractivity contribution in [2.24, 2.45) is 0 Å². The number of benzene rings is 2. The van der Waals surface area contributed by atoms with Crippen LogP contribution in [0.5, 0.6) is 5.75 Å². The first-order chi connectivity index (χ1) is 15.0. The number of phenolic OH excluding ortho intramolecular Hbond substituents is 1. The first-order valence-electron chi connectivity index (χ1n) is 10.5. The Morgan fingerprint density at radius 2 is 1.97 bits per heavy atom. The van der Waals surface area contributed by atoms with Crippen LogP contribution in [0.15, 0.2) is 48.5 Å². The van der Waals surface area contributed by atoms with Gasteiger partial charge in [0.15, 0.2) is 5.65 Å². The molecular formula is C25H25N5O. The first-order valence-corrected chi connectivity index (χ1v) is 10.5. The van der Waals surface area contributed by atoms with Gasteiger partial charge < -0.3 is 14.9 Å². The molecule has 1 fully saturated rings. The number of imidazole rings is 1. The van der Waals surface area contributed by atoms with Crippen LogP contribution in [0.25, 0.3) is 27.8 Å². The van der Waals surface area contributed by atoms with Crippen molar-refractivity contribution < 1.29 is 5.11 Å². The highest BCUT2D eigenvalue weighted by Gasteiger charge is 2.31. The number of anilines is 1. The molecule has 3 heterocycles. The molecular weight excluding hydrogens is 386 g/mol. The van der Waals surface area contributed by atoms with Gasteiger partial charge in [0.05, 0.1) is 16.6 Å². The Bertz CT molecular complexity index is 1350. The first kappa shape index (κ1) is 19.4. The molecule has 2 aromatic heterocycles. The van der Waals surface area contributed by atoms with Gasteiger partial charge in [-0.05, 0) is 62.8 Å². The van der Waals surface area contributed by atoms with Crippen LogP contribution in [0.1, 0.15) is 17.5 Å². The summed E-state index contributed by atoms with van der Waals surface area (Å²) < 4.78 is 2.14. The van der Waals surface area contributed by atoms with Crippen molar-refractivity contribution in [1.82, 2.24) is 14.3 Å². The van der Waals surface area contributed by atoms with Gasteiger partial charge in [0, 0.05) is 24.7 Å². The van der Waals surface area contributed by atoms with Crippen molar-refractivity contribution in [2.75, 3.05) is 32.1 Å². The van der Waals surface area contributed by atoms with E-state index in [0.717, 1.165) is 53.1 Å². The second-order valence-corrected chi connectivity index (χ2v) is 8.47. The van der Waals surface area contributed by atoms with Crippen molar-refractivity contribution in [3.05, 3.63) is 59.7 Å². The molecule has 0 saturated carbocycles. The highest BCUT2D eigenvalue weighted by molar-refractivity contribution is 5.92. The minimum absolute atomic E-state index is 0.213. The number of pyridine rings is 1. The minimum atomic E-state index is 0.213. The van der Waals surface area contributed by atoms with Crippen LogP contribution in [0.4, 0.5) is 5.82 Å². The summed E-state index contributed by atoms with van der Waals surface area (Å²) in [5.41, 5.74) is 5.88. The molecule has 0 aliphatic carbocycles. The van der Waals surface area contributed by atoms with Crippen LogP contribution in [0, 0.1) is 18.3 Å². The van der Waals surface area contributed by atoms with E-state index >= 15 is 0 Å². The van der Waals surface area contributed by atoms with Gasteiger partial charge in [-0.25, -0.2) is 4.98 Å². The zero-order chi connectivity index (χ0) is 21.7. The molecule has 0 amide bonds. The molecule has 0 radical (unpaired) electrons. The van der Waals surface area contributed by atoms with Crippen LogP contribution in [0.3, 0.4) is 0 Å². The van der Waals surface area contributed by atoms with Gasteiger partial charge >= 0.3 is 0 Å². The largest absolute Gasteiger partial charge is 0.508 e. The number of nitriles is 1. The fourth-order valence-corrected chi connectivity index (χ4v) is 4.78. The summed E-state index contributed by atoms with van der Waals surface area (Å²) in [5, 5.41) is 20.3. The zero-order valence-electron chi connectivity index (χ0n) is 18.0. The van der Waals surface area contributed by atoms with Gasteiger partial charge in [0.1, 0.15) is 17.6 Å². The van der Waals surface area contributed by atoms with Crippen LogP contribution in [0.2, 0.25) is 0 Å². The van der Waals surface area contributed by atoms with Crippen molar-refractivity contribution in [2.45, 2.75) is 19.4 Å². The van der Waals surface area contributed by atoms with Crippen LogP contribution in [-0.4, -0.2) is 52.6 Å². The summed E-state index contributed by atoms with van der Waals surface area (Å²) in [4.78, 5) is 9.51. The maximum Gasteiger partial charge on any atom is 0.157 e. The Morgan fingerprint density at radius 3 is 2.68 bits per heavy atom. The van der Waals surface area contributed by atoms with Crippen molar-refractivity contribution in [3.63, 3.8) is 0 Å². The lowest BCUT2D eigenvalue weighted by molar-refractivity contribution is 0.315. The summed E-state index contributed by atoms with van der Waals surface area (Å²) in [6.45, 7) is 3.80. The van der Waals surface area contributed by atoms with Gasteiger partial charge in [0.2, 0.25) is 0 Å². The molecule has 6 nitrogen and oxygen atoms in total. The molecule has 0 spiro atoms. The number of aromatic hydroxyl groups is 1.